The Morgan fingerprint density at radius 3 is 2.56 bits per heavy atom. The van der Waals surface area contributed by atoms with E-state index in [0.29, 0.717) is 16.5 Å². The van der Waals surface area contributed by atoms with Gasteiger partial charge in [-0.1, -0.05) is 12.1 Å². The number of pyridine rings is 1. The van der Waals surface area contributed by atoms with Crippen molar-refractivity contribution < 1.29 is 0 Å². The first-order chi connectivity index (χ1) is 7.75. The van der Waals surface area contributed by atoms with E-state index in [1.165, 1.54) is 0 Å². The van der Waals surface area contributed by atoms with Crippen LogP contribution in [0.1, 0.15) is 0 Å². The van der Waals surface area contributed by atoms with Crippen molar-refractivity contribution in [2.75, 3.05) is 5.73 Å². The van der Waals surface area contributed by atoms with Gasteiger partial charge in [0.05, 0.1) is 5.52 Å². The molecule has 3 N–H and O–H groups in total. The molecule has 16 heavy (non-hydrogen) atoms. The van der Waals surface area contributed by atoms with Crippen molar-refractivity contribution >= 4 is 27.5 Å². The summed E-state index contributed by atoms with van der Waals surface area (Å²) < 4.78 is 0. The molecule has 3 rings (SSSR count). The van der Waals surface area contributed by atoms with Gasteiger partial charge in [-0.05, 0) is 30.3 Å². The number of fused-ring (bicyclic) bond motifs is 2. The number of hydrogen-bond donors (Lipinski definition) is 2. The Morgan fingerprint density at radius 2 is 1.69 bits per heavy atom. The maximum Gasteiger partial charge on any atom is 0.197 e. The van der Waals surface area contributed by atoms with Gasteiger partial charge >= 0.3 is 0 Å². The molecule has 3 heteroatoms. The smallest absolute Gasteiger partial charge is 0.197 e. The number of aromatic amines is 1. The Morgan fingerprint density at radius 1 is 0.938 bits per heavy atom. The number of benzene rings is 2. The van der Waals surface area contributed by atoms with Crippen molar-refractivity contribution in [3.8, 4) is 0 Å². The number of nitrogens with one attached hydrogen (secondary N) is 1. The summed E-state index contributed by atoms with van der Waals surface area (Å²) >= 11 is 0. The lowest BCUT2D eigenvalue weighted by Crippen LogP contribution is -2.04. The number of hydrogen-bond acceptors (Lipinski definition) is 2. The van der Waals surface area contributed by atoms with Gasteiger partial charge in [-0.2, -0.15) is 0 Å². The van der Waals surface area contributed by atoms with Gasteiger partial charge in [0, 0.05) is 22.0 Å². The van der Waals surface area contributed by atoms with Gasteiger partial charge in [0.2, 0.25) is 0 Å². The lowest BCUT2D eigenvalue weighted by Gasteiger charge is -2.02. The summed E-state index contributed by atoms with van der Waals surface area (Å²) in [5.74, 6) is 0. The minimum Gasteiger partial charge on any atom is -0.399 e. The SMILES string of the molecule is Nc1ccc2c(=O)c3ccccc3[nH]c2c1. The molecule has 1 heterocycles. The molecule has 0 saturated carbocycles. The average Bonchev–Trinajstić information content (AvgIpc) is 2.29. The van der Waals surface area contributed by atoms with Crippen molar-refractivity contribution in [3.05, 3.63) is 52.7 Å². The quantitative estimate of drug-likeness (QED) is 0.441. The van der Waals surface area contributed by atoms with E-state index in [4.69, 9.17) is 5.73 Å². The normalized spacial score (nSPS) is 11.0. The fourth-order valence-electron chi connectivity index (χ4n) is 1.94. The zero-order valence-corrected chi connectivity index (χ0v) is 8.53. The summed E-state index contributed by atoms with van der Waals surface area (Å²) in [5.41, 5.74) is 8.01. The highest BCUT2D eigenvalue weighted by Gasteiger charge is 2.04. The zero-order chi connectivity index (χ0) is 11.1. The van der Waals surface area contributed by atoms with Crippen LogP contribution in [-0.2, 0) is 0 Å². The molecule has 1 aromatic heterocycles. The molecule has 78 valence electrons. The maximum atomic E-state index is 12.1. The fraction of sp³-hybridized carbons (Fsp3) is 0. The largest absolute Gasteiger partial charge is 0.399 e. The van der Waals surface area contributed by atoms with Gasteiger partial charge in [0.1, 0.15) is 0 Å². The highest BCUT2D eigenvalue weighted by Crippen LogP contribution is 2.16. The number of para-hydroxylation sites is 1. The Balaban J connectivity index is 2.61. The summed E-state index contributed by atoms with van der Waals surface area (Å²) in [6.07, 6.45) is 0. The second-order valence-corrected chi connectivity index (χ2v) is 3.80. The second kappa shape index (κ2) is 3.10. The van der Waals surface area contributed by atoms with Gasteiger partial charge < -0.3 is 10.7 Å². The number of nitrogens with two attached hydrogens (primary N) is 1. The Bertz CT molecular complexity index is 744. The lowest BCUT2D eigenvalue weighted by molar-refractivity contribution is 1.48. The van der Waals surface area contributed by atoms with Crippen LogP contribution in [0.2, 0.25) is 0 Å². The highest BCUT2D eigenvalue weighted by molar-refractivity contribution is 5.93. The summed E-state index contributed by atoms with van der Waals surface area (Å²) in [7, 11) is 0. The van der Waals surface area contributed by atoms with E-state index in [-0.39, 0.29) is 5.43 Å². The maximum absolute atomic E-state index is 12.1. The molecule has 0 unspecified atom stereocenters. The molecule has 3 aromatic rings. The van der Waals surface area contributed by atoms with Crippen molar-refractivity contribution in [2.24, 2.45) is 0 Å². The molecule has 3 nitrogen and oxygen atoms in total. The Labute approximate surface area is 91.5 Å². The average molecular weight is 210 g/mol. The van der Waals surface area contributed by atoms with E-state index in [1.54, 1.807) is 18.2 Å². The molecular weight excluding hydrogens is 200 g/mol. The van der Waals surface area contributed by atoms with Crippen LogP contribution < -0.4 is 11.2 Å². The first-order valence-corrected chi connectivity index (χ1v) is 5.06. The van der Waals surface area contributed by atoms with Crippen LogP contribution in [0.3, 0.4) is 0 Å². The molecule has 0 aliphatic carbocycles. The van der Waals surface area contributed by atoms with E-state index >= 15 is 0 Å². The van der Waals surface area contributed by atoms with E-state index < -0.39 is 0 Å². The number of aromatic nitrogens is 1. The van der Waals surface area contributed by atoms with Crippen LogP contribution in [0.4, 0.5) is 5.69 Å². The van der Waals surface area contributed by atoms with Crippen molar-refractivity contribution in [1.29, 1.82) is 0 Å². The summed E-state index contributed by atoms with van der Waals surface area (Å²) in [4.78, 5) is 15.3. The minimum absolute atomic E-state index is 0.0457. The third kappa shape index (κ3) is 1.18. The van der Waals surface area contributed by atoms with E-state index in [1.807, 2.05) is 24.3 Å². The predicted octanol–water partition coefficient (Wildman–Crippen LogP) is 2.26. The van der Waals surface area contributed by atoms with Gasteiger partial charge in [-0.25, -0.2) is 0 Å². The zero-order valence-electron chi connectivity index (χ0n) is 8.53. The molecule has 0 aliphatic heterocycles. The molecular formula is C13H10N2O. The predicted molar refractivity (Wildman–Crippen MR) is 66.5 cm³/mol. The van der Waals surface area contributed by atoms with Gasteiger partial charge in [-0.3, -0.25) is 4.79 Å². The third-order valence-corrected chi connectivity index (χ3v) is 2.73. The first kappa shape index (κ1) is 8.97. The Hall–Kier alpha value is -2.29. The standard InChI is InChI=1S/C13H10N2O/c14-8-5-6-10-12(7-8)15-11-4-2-1-3-9(11)13(10)16/h1-7H,14H2,(H,15,16). The lowest BCUT2D eigenvalue weighted by atomic mass is 10.1. The molecule has 0 radical (unpaired) electrons. The molecule has 2 aromatic carbocycles. The molecule has 0 saturated heterocycles. The molecule has 0 fully saturated rings. The van der Waals surface area contributed by atoms with Crippen molar-refractivity contribution in [1.82, 2.24) is 4.98 Å². The second-order valence-electron chi connectivity index (χ2n) is 3.80. The van der Waals surface area contributed by atoms with E-state index in [9.17, 15) is 4.79 Å². The molecule has 0 amide bonds. The monoisotopic (exact) mass is 210 g/mol. The van der Waals surface area contributed by atoms with Crippen LogP contribution in [0.5, 0.6) is 0 Å². The first-order valence-electron chi connectivity index (χ1n) is 5.06. The van der Waals surface area contributed by atoms with Gasteiger partial charge in [0.15, 0.2) is 5.43 Å². The van der Waals surface area contributed by atoms with Crippen molar-refractivity contribution in [3.63, 3.8) is 0 Å². The third-order valence-electron chi connectivity index (χ3n) is 2.73. The summed E-state index contributed by atoms with van der Waals surface area (Å²) in [5, 5.41) is 1.38. The summed E-state index contributed by atoms with van der Waals surface area (Å²) in [6, 6.07) is 12.8. The van der Waals surface area contributed by atoms with Crippen LogP contribution in [0, 0.1) is 0 Å². The number of nitrogen functional groups attached to an aromatic ring is 1. The molecule has 0 bridgehead atoms. The topological polar surface area (TPSA) is 58.9 Å². The highest BCUT2D eigenvalue weighted by atomic mass is 16.1. The van der Waals surface area contributed by atoms with Gasteiger partial charge in [0.25, 0.3) is 0 Å². The number of rotatable bonds is 0. The van der Waals surface area contributed by atoms with Crippen LogP contribution in [0.15, 0.2) is 47.3 Å². The molecule has 0 aliphatic rings. The fourth-order valence-corrected chi connectivity index (χ4v) is 1.94. The van der Waals surface area contributed by atoms with Crippen molar-refractivity contribution in [2.45, 2.75) is 0 Å². The number of anilines is 1. The number of H-pyrrole nitrogens is 1. The minimum atomic E-state index is 0.0457. The molecule has 0 spiro atoms. The van der Waals surface area contributed by atoms with Gasteiger partial charge in [-0.15, -0.1) is 0 Å². The molecule has 0 atom stereocenters. The summed E-state index contributed by atoms with van der Waals surface area (Å²) in [6.45, 7) is 0. The van der Waals surface area contributed by atoms with Crippen LogP contribution >= 0.6 is 0 Å². The Kier molecular flexibility index (Phi) is 1.74. The van der Waals surface area contributed by atoms with E-state index in [2.05, 4.69) is 4.98 Å². The van der Waals surface area contributed by atoms with Crippen LogP contribution in [-0.4, -0.2) is 4.98 Å². The van der Waals surface area contributed by atoms with Crippen LogP contribution in [0.25, 0.3) is 21.8 Å². The van der Waals surface area contributed by atoms with E-state index in [0.717, 1.165) is 11.0 Å².